The van der Waals surface area contributed by atoms with Gasteiger partial charge in [-0.15, -0.1) is 0 Å². The molecule has 2 N–H and O–H groups in total. The number of aromatic amines is 1. The van der Waals surface area contributed by atoms with Crippen molar-refractivity contribution in [1.82, 2.24) is 9.97 Å². The lowest BCUT2D eigenvalue weighted by Gasteiger charge is -2.20. The minimum absolute atomic E-state index is 0.304. The number of halogens is 2. The first kappa shape index (κ1) is 12.8. The van der Waals surface area contributed by atoms with Crippen LogP contribution in [-0.4, -0.2) is 15.9 Å². The van der Waals surface area contributed by atoms with E-state index in [2.05, 4.69) is 15.3 Å². The van der Waals surface area contributed by atoms with E-state index in [1.54, 1.807) is 6.33 Å². The molecule has 4 nitrogen and oxygen atoms in total. The number of carbonyl (C=O) groups is 1. The molecule has 20 heavy (non-hydrogen) atoms. The van der Waals surface area contributed by atoms with Gasteiger partial charge in [-0.1, -0.05) is 6.07 Å². The largest absolute Gasteiger partial charge is 0.348 e. The molecule has 2 aromatic rings. The minimum atomic E-state index is -0.767. The van der Waals surface area contributed by atoms with E-state index in [1.165, 1.54) is 6.07 Å². The number of nitrogens with one attached hydrogen (secondary N) is 2. The second-order valence-corrected chi connectivity index (χ2v) is 4.85. The number of H-pyrrole nitrogens is 1. The van der Waals surface area contributed by atoms with Gasteiger partial charge >= 0.3 is 0 Å². The van der Waals surface area contributed by atoms with Crippen LogP contribution in [0.4, 0.5) is 14.5 Å². The molecule has 1 unspecified atom stereocenters. The van der Waals surface area contributed by atoms with Crippen molar-refractivity contribution in [3.8, 4) is 0 Å². The average Bonchev–Trinajstić information content (AvgIpc) is 2.90. The molecule has 0 fully saturated rings. The predicted molar refractivity (Wildman–Crippen MR) is 69.1 cm³/mol. The summed E-state index contributed by atoms with van der Waals surface area (Å²) in [6.45, 7) is 0. The fourth-order valence-electron chi connectivity index (χ4n) is 2.47. The van der Waals surface area contributed by atoms with Crippen molar-refractivity contribution in [2.45, 2.75) is 19.3 Å². The third-order valence-corrected chi connectivity index (χ3v) is 3.57. The number of carbonyl (C=O) groups excluding carboxylic acids is 1. The van der Waals surface area contributed by atoms with E-state index in [-0.39, 0.29) is 17.5 Å². The summed E-state index contributed by atoms with van der Waals surface area (Å²) in [6, 6.07) is 3.50. The summed E-state index contributed by atoms with van der Waals surface area (Å²) in [4.78, 5) is 19.3. The number of para-hydroxylation sites is 1. The lowest BCUT2D eigenvalue weighted by molar-refractivity contribution is -0.120. The Labute approximate surface area is 114 Å². The van der Waals surface area contributed by atoms with Gasteiger partial charge in [0.2, 0.25) is 5.91 Å². The van der Waals surface area contributed by atoms with Gasteiger partial charge in [-0.2, -0.15) is 0 Å². The van der Waals surface area contributed by atoms with Crippen LogP contribution < -0.4 is 5.32 Å². The second-order valence-electron chi connectivity index (χ2n) is 4.85. The highest BCUT2D eigenvalue weighted by Gasteiger charge is 2.27. The Morgan fingerprint density at radius 1 is 1.35 bits per heavy atom. The quantitative estimate of drug-likeness (QED) is 0.885. The van der Waals surface area contributed by atoms with Gasteiger partial charge in [0.25, 0.3) is 0 Å². The Morgan fingerprint density at radius 3 is 2.85 bits per heavy atom. The van der Waals surface area contributed by atoms with Gasteiger partial charge in [-0.3, -0.25) is 4.79 Å². The number of nitrogens with zero attached hydrogens (tertiary/aromatic N) is 1. The van der Waals surface area contributed by atoms with Crippen molar-refractivity contribution in [2.75, 3.05) is 5.32 Å². The van der Waals surface area contributed by atoms with Crippen LogP contribution in [0.25, 0.3) is 0 Å². The number of hydrogen-bond donors (Lipinski definition) is 2. The number of aryl methyl sites for hydroxylation is 1. The zero-order valence-corrected chi connectivity index (χ0v) is 10.6. The van der Waals surface area contributed by atoms with Crippen molar-refractivity contribution >= 4 is 11.6 Å². The Morgan fingerprint density at radius 2 is 2.10 bits per heavy atom. The molecule has 0 saturated heterocycles. The summed E-state index contributed by atoms with van der Waals surface area (Å²) < 4.78 is 27.0. The molecule has 1 amide bonds. The van der Waals surface area contributed by atoms with Crippen LogP contribution >= 0.6 is 0 Å². The van der Waals surface area contributed by atoms with Gasteiger partial charge in [-0.25, -0.2) is 13.8 Å². The Balaban J connectivity index is 1.75. The average molecular weight is 277 g/mol. The van der Waals surface area contributed by atoms with Gasteiger partial charge in [0.15, 0.2) is 0 Å². The van der Waals surface area contributed by atoms with Gasteiger partial charge in [0.1, 0.15) is 17.3 Å². The van der Waals surface area contributed by atoms with E-state index in [1.807, 2.05) is 0 Å². The molecule has 1 aliphatic rings. The van der Waals surface area contributed by atoms with E-state index >= 15 is 0 Å². The summed E-state index contributed by atoms with van der Waals surface area (Å²) in [5, 5.41) is 2.35. The lowest BCUT2D eigenvalue weighted by Crippen LogP contribution is -2.29. The summed E-state index contributed by atoms with van der Waals surface area (Å²) in [7, 11) is 0. The maximum absolute atomic E-state index is 13.5. The van der Waals surface area contributed by atoms with Crippen molar-refractivity contribution < 1.29 is 13.6 Å². The number of amides is 1. The fourth-order valence-corrected chi connectivity index (χ4v) is 2.47. The molecule has 104 valence electrons. The number of rotatable bonds is 2. The van der Waals surface area contributed by atoms with E-state index in [0.29, 0.717) is 19.3 Å². The number of fused-ring (bicyclic) bond motifs is 1. The number of benzene rings is 1. The lowest BCUT2D eigenvalue weighted by atomic mass is 9.89. The first-order valence-corrected chi connectivity index (χ1v) is 6.41. The van der Waals surface area contributed by atoms with E-state index in [4.69, 9.17) is 0 Å². The molecule has 1 aromatic heterocycles. The van der Waals surface area contributed by atoms with Crippen molar-refractivity contribution in [3.05, 3.63) is 47.5 Å². The van der Waals surface area contributed by atoms with E-state index in [9.17, 15) is 13.6 Å². The molecule has 0 aliphatic heterocycles. The Bertz CT molecular complexity index is 633. The van der Waals surface area contributed by atoms with Crippen LogP contribution in [0, 0.1) is 17.6 Å². The van der Waals surface area contributed by atoms with Gasteiger partial charge in [0.05, 0.1) is 12.0 Å². The maximum Gasteiger partial charge on any atom is 0.228 e. The van der Waals surface area contributed by atoms with Crippen LogP contribution in [0.5, 0.6) is 0 Å². The highest BCUT2D eigenvalue weighted by Crippen LogP contribution is 2.25. The van der Waals surface area contributed by atoms with Gasteiger partial charge < -0.3 is 10.3 Å². The van der Waals surface area contributed by atoms with Crippen LogP contribution in [0.1, 0.15) is 17.8 Å². The van der Waals surface area contributed by atoms with Crippen molar-refractivity contribution in [2.24, 2.45) is 5.92 Å². The molecule has 1 atom stereocenters. The zero-order chi connectivity index (χ0) is 14.1. The number of anilines is 1. The molecule has 0 radical (unpaired) electrons. The number of imidazole rings is 1. The van der Waals surface area contributed by atoms with Crippen LogP contribution in [-0.2, 0) is 17.6 Å². The minimum Gasteiger partial charge on any atom is -0.348 e. The Kier molecular flexibility index (Phi) is 3.22. The van der Waals surface area contributed by atoms with Crippen molar-refractivity contribution in [3.63, 3.8) is 0 Å². The summed E-state index contributed by atoms with van der Waals surface area (Å²) in [6.07, 6.45) is 3.43. The maximum atomic E-state index is 13.5. The first-order valence-electron chi connectivity index (χ1n) is 6.41. The topological polar surface area (TPSA) is 57.8 Å². The van der Waals surface area contributed by atoms with E-state index in [0.717, 1.165) is 23.5 Å². The number of aromatic nitrogens is 2. The molecule has 1 aromatic carbocycles. The van der Waals surface area contributed by atoms with Crippen LogP contribution in [0.2, 0.25) is 0 Å². The Hall–Kier alpha value is -2.24. The third-order valence-electron chi connectivity index (χ3n) is 3.57. The zero-order valence-electron chi connectivity index (χ0n) is 10.6. The van der Waals surface area contributed by atoms with E-state index < -0.39 is 11.6 Å². The summed E-state index contributed by atoms with van der Waals surface area (Å²) >= 11 is 0. The normalized spacial score (nSPS) is 17.6. The predicted octanol–water partition coefficient (Wildman–Crippen LogP) is 2.43. The highest BCUT2D eigenvalue weighted by atomic mass is 19.1. The molecular weight excluding hydrogens is 264 g/mol. The monoisotopic (exact) mass is 277 g/mol. The van der Waals surface area contributed by atoms with Crippen LogP contribution in [0.3, 0.4) is 0 Å². The smallest absolute Gasteiger partial charge is 0.228 e. The van der Waals surface area contributed by atoms with Crippen LogP contribution in [0.15, 0.2) is 24.5 Å². The fraction of sp³-hybridized carbons (Fsp3) is 0.286. The SMILES string of the molecule is O=C(Nc1c(F)cccc1F)C1CCc2nc[nH]c2C1. The third kappa shape index (κ3) is 2.29. The van der Waals surface area contributed by atoms with Gasteiger partial charge in [-0.05, 0) is 25.0 Å². The molecule has 1 aliphatic carbocycles. The summed E-state index contributed by atoms with van der Waals surface area (Å²) in [5.41, 5.74) is 1.50. The molecule has 3 rings (SSSR count). The number of hydrogen-bond acceptors (Lipinski definition) is 2. The molecule has 0 spiro atoms. The summed E-state index contributed by atoms with van der Waals surface area (Å²) in [5.74, 6) is -2.20. The molecule has 1 heterocycles. The molecule has 0 bridgehead atoms. The molecule has 0 saturated carbocycles. The standard InChI is InChI=1S/C14H13F2N3O/c15-9-2-1-3-10(16)13(9)19-14(20)8-4-5-11-12(6-8)18-7-17-11/h1-3,7-8H,4-6H2,(H,17,18)(H,19,20). The van der Waals surface area contributed by atoms with Gasteiger partial charge in [0, 0.05) is 18.0 Å². The van der Waals surface area contributed by atoms with Crippen molar-refractivity contribution in [1.29, 1.82) is 0 Å². The molecular formula is C14H13F2N3O. The first-order chi connectivity index (χ1) is 9.65. The highest BCUT2D eigenvalue weighted by molar-refractivity contribution is 5.93. The second kappa shape index (κ2) is 5.03. The molecule has 6 heteroatoms.